The van der Waals surface area contributed by atoms with E-state index in [0.29, 0.717) is 16.5 Å². The smallest absolute Gasteiger partial charge is 0.464 e. The number of nitrogens with one attached hydrogen (secondary N) is 2. The standard InChI is InChI=1S/C23H16F3N3O6/c24-23(25,26)35-17-4-2-1-3-12(17)20(31)27-15-9-13-14(19-11(15)7-8-34-19)10-29(22(13)33)16-5-6-18(30)28-21(16)32/h1-4,7-9,16H,5-6,10H2,(H,27,31)(H,28,30,32). The summed E-state index contributed by atoms with van der Waals surface area (Å²) in [7, 11) is 0. The number of hydrogen-bond donors (Lipinski definition) is 2. The van der Waals surface area contributed by atoms with Crippen LogP contribution < -0.4 is 15.4 Å². The van der Waals surface area contributed by atoms with E-state index in [1.165, 1.54) is 35.4 Å². The molecule has 3 heterocycles. The molecule has 2 aromatic carbocycles. The molecule has 0 radical (unpaired) electrons. The number of ether oxygens (including phenoxy) is 1. The number of carbonyl (C=O) groups is 4. The summed E-state index contributed by atoms with van der Waals surface area (Å²) in [6.07, 6.45) is -3.38. The Balaban J connectivity index is 1.47. The fraction of sp³-hybridized carbons (Fsp3) is 0.217. The number of alkyl halides is 3. The number of rotatable bonds is 4. The number of piperidine rings is 1. The Kier molecular flexibility index (Phi) is 5.23. The summed E-state index contributed by atoms with van der Waals surface area (Å²) in [6.45, 7) is 0.0565. The number of nitrogens with zero attached hydrogens (tertiary/aromatic N) is 1. The number of furan rings is 1. The van der Waals surface area contributed by atoms with Gasteiger partial charge in [0.05, 0.1) is 29.6 Å². The van der Waals surface area contributed by atoms with Gasteiger partial charge in [0.2, 0.25) is 11.8 Å². The van der Waals surface area contributed by atoms with Crippen LogP contribution in [0.1, 0.15) is 39.1 Å². The average Bonchev–Trinajstić information content (AvgIpc) is 3.39. The SMILES string of the molecule is O=C1CCC(N2Cc3c(cc(NC(=O)c4ccccc4OC(F)(F)F)c4ccoc34)C2=O)C(=O)N1. The molecule has 5 rings (SSSR count). The van der Waals surface area contributed by atoms with Gasteiger partial charge in [-0.2, -0.15) is 0 Å². The third-order valence-corrected chi connectivity index (χ3v) is 5.85. The Morgan fingerprint density at radius 2 is 1.94 bits per heavy atom. The molecule has 0 saturated carbocycles. The molecule has 1 atom stereocenters. The lowest BCUT2D eigenvalue weighted by molar-refractivity contribution is -0.274. The third-order valence-electron chi connectivity index (χ3n) is 5.85. The Labute approximate surface area is 194 Å². The van der Waals surface area contributed by atoms with Crippen LogP contribution in [0.15, 0.2) is 47.1 Å². The summed E-state index contributed by atoms with van der Waals surface area (Å²) in [6, 6.07) is 6.96. The topological polar surface area (TPSA) is 118 Å². The Morgan fingerprint density at radius 3 is 2.69 bits per heavy atom. The second-order valence-electron chi connectivity index (χ2n) is 8.01. The molecular formula is C23H16F3N3O6. The second-order valence-corrected chi connectivity index (χ2v) is 8.01. The average molecular weight is 487 g/mol. The van der Waals surface area contributed by atoms with Gasteiger partial charge in [0, 0.05) is 17.4 Å². The van der Waals surface area contributed by atoms with E-state index in [1.807, 2.05) is 0 Å². The van der Waals surface area contributed by atoms with Crippen LogP contribution in [0.25, 0.3) is 11.0 Å². The highest BCUT2D eigenvalue weighted by Gasteiger charge is 2.41. The van der Waals surface area contributed by atoms with Crippen molar-refractivity contribution in [3.8, 4) is 5.75 Å². The van der Waals surface area contributed by atoms with Gasteiger partial charge in [0.1, 0.15) is 17.4 Å². The molecule has 2 aliphatic heterocycles. The predicted molar refractivity (Wildman–Crippen MR) is 113 cm³/mol. The molecule has 3 aromatic rings. The fourth-order valence-electron chi connectivity index (χ4n) is 4.32. The van der Waals surface area contributed by atoms with Crippen LogP contribution in [0.5, 0.6) is 5.75 Å². The lowest BCUT2D eigenvalue weighted by Gasteiger charge is -2.29. The summed E-state index contributed by atoms with van der Waals surface area (Å²) >= 11 is 0. The highest BCUT2D eigenvalue weighted by Crippen LogP contribution is 2.38. The minimum absolute atomic E-state index is 0.0565. The number of fused-ring (bicyclic) bond motifs is 3. The van der Waals surface area contributed by atoms with Crippen molar-refractivity contribution in [1.29, 1.82) is 0 Å². The number of carbonyl (C=O) groups excluding carboxylic acids is 4. The van der Waals surface area contributed by atoms with Crippen LogP contribution in [0.4, 0.5) is 18.9 Å². The van der Waals surface area contributed by atoms with Crippen LogP contribution in [0, 0.1) is 0 Å². The molecule has 1 unspecified atom stereocenters. The highest BCUT2D eigenvalue weighted by molar-refractivity contribution is 6.14. The molecular weight excluding hydrogens is 471 g/mol. The molecule has 1 saturated heterocycles. The summed E-state index contributed by atoms with van der Waals surface area (Å²) < 4.78 is 47.8. The van der Waals surface area contributed by atoms with Crippen molar-refractivity contribution in [2.24, 2.45) is 0 Å². The summed E-state index contributed by atoms with van der Waals surface area (Å²) in [4.78, 5) is 51.2. The first-order valence-electron chi connectivity index (χ1n) is 10.5. The molecule has 180 valence electrons. The van der Waals surface area contributed by atoms with E-state index in [-0.39, 0.29) is 36.2 Å². The molecule has 1 aromatic heterocycles. The number of halogens is 3. The number of amides is 4. The normalized spacial score (nSPS) is 18.0. The summed E-state index contributed by atoms with van der Waals surface area (Å²) in [5.74, 6) is -3.05. The molecule has 4 amide bonds. The van der Waals surface area contributed by atoms with E-state index in [4.69, 9.17) is 4.42 Å². The van der Waals surface area contributed by atoms with Gasteiger partial charge in [-0.25, -0.2) is 0 Å². The number of hydrogen-bond acceptors (Lipinski definition) is 6. The van der Waals surface area contributed by atoms with Crippen LogP contribution in [-0.2, 0) is 16.1 Å². The Hall–Kier alpha value is -4.35. The molecule has 9 nitrogen and oxygen atoms in total. The van der Waals surface area contributed by atoms with E-state index in [2.05, 4.69) is 15.4 Å². The van der Waals surface area contributed by atoms with Crippen molar-refractivity contribution in [3.05, 3.63) is 59.4 Å². The number of benzene rings is 2. The number of anilines is 1. The lowest BCUT2D eigenvalue weighted by atomic mass is 10.0. The lowest BCUT2D eigenvalue weighted by Crippen LogP contribution is -2.52. The van der Waals surface area contributed by atoms with Gasteiger partial charge < -0.3 is 19.4 Å². The van der Waals surface area contributed by atoms with Crippen molar-refractivity contribution in [3.63, 3.8) is 0 Å². The van der Waals surface area contributed by atoms with Gasteiger partial charge in [0.15, 0.2) is 0 Å². The summed E-state index contributed by atoms with van der Waals surface area (Å²) in [5.41, 5.74) is 0.739. The molecule has 0 spiro atoms. The zero-order valence-electron chi connectivity index (χ0n) is 17.8. The monoisotopic (exact) mass is 487 g/mol. The van der Waals surface area contributed by atoms with Crippen molar-refractivity contribution < 1.29 is 41.5 Å². The summed E-state index contributed by atoms with van der Waals surface area (Å²) in [5, 5.41) is 5.17. The zero-order valence-corrected chi connectivity index (χ0v) is 17.8. The Bertz CT molecular complexity index is 1400. The van der Waals surface area contributed by atoms with Crippen molar-refractivity contribution in [2.45, 2.75) is 31.8 Å². The maximum absolute atomic E-state index is 13.2. The Morgan fingerprint density at radius 1 is 1.17 bits per heavy atom. The van der Waals surface area contributed by atoms with Crippen LogP contribution >= 0.6 is 0 Å². The molecule has 35 heavy (non-hydrogen) atoms. The number of imide groups is 1. The minimum atomic E-state index is -4.99. The zero-order chi connectivity index (χ0) is 24.9. The maximum atomic E-state index is 13.2. The highest BCUT2D eigenvalue weighted by atomic mass is 19.4. The van der Waals surface area contributed by atoms with Gasteiger partial charge in [0.25, 0.3) is 11.8 Å². The van der Waals surface area contributed by atoms with Crippen molar-refractivity contribution in [1.82, 2.24) is 10.2 Å². The van der Waals surface area contributed by atoms with E-state index in [0.717, 1.165) is 6.07 Å². The third kappa shape index (κ3) is 4.07. The van der Waals surface area contributed by atoms with E-state index < -0.39 is 41.8 Å². The van der Waals surface area contributed by atoms with E-state index in [9.17, 15) is 32.3 Å². The van der Waals surface area contributed by atoms with E-state index in [1.54, 1.807) is 6.07 Å². The molecule has 2 aliphatic rings. The van der Waals surface area contributed by atoms with Crippen LogP contribution in [0.3, 0.4) is 0 Å². The fourth-order valence-corrected chi connectivity index (χ4v) is 4.32. The van der Waals surface area contributed by atoms with Crippen molar-refractivity contribution >= 4 is 40.3 Å². The molecule has 0 aliphatic carbocycles. The second kappa shape index (κ2) is 8.15. The number of para-hydroxylation sites is 1. The first-order valence-corrected chi connectivity index (χ1v) is 10.5. The van der Waals surface area contributed by atoms with Gasteiger partial charge in [-0.3, -0.25) is 24.5 Å². The molecule has 12 heteroatoms. The quantitative estimate of drug-likeness (QED) is 0.545. The predicted octanol–water partition coefficient (Wildman–Crippen LogP) is 3.34. The molecule has 1 fully saturated rings. The first kappa shape index (κ1) is 22.4. The largest absolute Gasteiger partial charge is 0.573 e. The molecule has 0 bridgehead atoms. The van der Waals surface area contributed by atoms with Crippen LogP contribution in [-0.4, -0.2) is 40.9 Å². The van der Waals surface area contributed by atoms with Crippen molar-refractivity contribution in [2.75, 3.05) is 5.32 Å². The first-order chi connectivity index (χ1) is 16.6. The minimum Gasteiger partial charge on any atom is -0.464 e. The maximum Gasteiger partial charge on any atom is 0.573 e. The van der Waals surface area contributed by atoms with Gasteiger partial charge in [-0.1, -0.05) is 12.1 Å². The van der Waals surface area contributed by atoms with Gasteiger partial charge >= 0.3 is 6.36 Å². The molecule has 2 N–H and O–H groups in total. The van der Waals surface area contributed by atoms with Gasteiger partial charge in [-0.05, 0) is 30.7 Å². The van der Waals surface area contributed by atoms with Crippen LogP contribution in [0.2, 0.25) is 0 Å². The van der Waals surface area contributed by atoms with E-state index >= 15 is 0 Å². The van der Waals surface area contributed by atoms with Gasteiger partial charge in [-0.15, -0.1) is 13.2 Å².